The van der Waals surface area contributed by atoms with Crippen LogP contribution >= 0.6 is 11.6 Å². The maximum atomic E-state index is 9.17. The van der Waals surface area contributed by atoms with Crippen molar-refractivity contribution in [2.75, 3.05) is 18.0 Å². The number of rotatable bonds is 2. The van der Waals surface area contributed by atoms with E-state index in [1.807, 2.05) is 6.07 Å². The molecule has 92 valence electrons. The molecule has 1 aromatic rings. The molecule has 2 saturated heterocycles. The van der Waals surface area contributed by atoms with Gasteiger partial charge in [0.1, 0.15) is 5.82 Å². The summed E-state index contributed by atoms with van der Waals surface area (Å²) in [5.41, 5.74) is 0.544. The predicted octanol–water partition coefficient (Wildman–Crippen LogP) is 1.59. The van der Waals surface area contributed by atoms with Gasteiger partial charge in [-0.3, -0.25) is 0 Å². The highest BCUT2D eigenvalue weighted by molar-refractivity contribution is 6.31. The number of hydrogen-bond donors (Lipinski definition) is 1. The normalized spacial score (nSPS) is 27.5. The molecule has 2 unspecified atom stereocenters. The van der Waals surface area contributed by atoms with Crippen molar-refractivity contribution >= 4 is 17.4 Å². The van der Waals surface area contributed by atoms with E-state index in [-0.39, 0.29) is 6.61 Å². The van der Waals surface area contributed by atoms with Crippen LogP contribution in [0.15, 0.2) is 12.1 Å². The van der Waals surface area contributed by atoms with E-state index in [2.05, 4.69) is 9.88 Å². The Bertz CT molecular complexity index is 415. The van der Waals surface area contributed by atoms with Crippen molar-refractivity contribution in [1.29, 1.82) is 0 Å². The van der Waals surface area contributed by atoms with Gasteiger partial charge in [0.15, 0.2) is 0 Å². The standard InChI is InChI=1S/C12H15ClN2O2/c13-10-3-4-12(14-11(10)7-16)15-5-8-1-2-9(6-15)17-8/h3-4,8-9,16H,1-2,5-7H2. The fourth-order valence-electron chi connectivity index (χ4n) is 2.56. The predicted molar refractivity (Wildman–Crippen MR) is 65.3 cm³/mol. The van der Waals surface area contributed by atoms with Crippen molar-refractivity contribution in [2.45, 2.75) is 31.7 Å². The highest BCUT2D eigenvalue weighted by Crippen LogP contribution is 2.29. The molecule has 2 fully saturated rings. The Kier molecular flexibility index (Phi) is 2.94. The number of aromatic nitrogens is 1. The van der Waals surface area contributed by atoms with E-state index in [1.165, 1.54) is 0 Å². The van der Waals surface area contributed by atoms with Gasteiger partial charge in [-0.1, -0.05) is 11.6 Å². The molecule has 0 saturated carbocycles. The number of ether oxygens (including phenoxy) is 1. The summed E-state index contributed by atoms with van der Waals surface area (Å²) in [6.07, 6.45) is 2.95. The SMILES string of the molecule is OCc1nc(N2CC3CCC(C2)O3)ccc1Cl. The Labute approximate surface area is 105 Å². The third-order valence-electron chi connectivity index (χ3n) is 3.42. The second-order valence-corrected chi connectivity index (χ2v) is 5.03. The van der Waals surface area contributed by atoms with Gasteiger partial charge >= 0.3 is 0 Å². The van der Waals surface area contributed by atoms with E-state index in [1.54, 1.807) is 6.07 Å². The number of aliphatic hydroxyl groups is 1. The molecule has 0 radical (unpaired) electrons. The molecule has 3 heterocycles. The second-order valence-electron chi connectivity index (χ2n) is 4.62. The van der Waals surface area contributed by atoms with Crippen molar-refractivity contribution in [3.8, 4) is 0 Å². The molecule has 3 rings (SSSR count). The summed E-state index contributed by atoms with van der Waals surface area (Å²) in [6, 6.07) is 3.71. The summed E-state index contributed by atoms with van der Waals surface area (Å²) < 4.78 is 5.78. The van der Waals surface area contributed by atoms with E-state index in [0.29, 0.717) is 22.9 Å². The Morgan fingerprint density at radius 2 is 2.06 bits per heavy atom. The maximum absolute atomic E-state index is 9.17. The molecule has 0 amide bonds. The van der Waals surface area contributed by atoms with E-state index in [0.717, 1.165) is 31.7 Å². The van der Waals surface area contributed by atoms with Crippen LogP contribution in [-0.2, 0) is 11.3 Å². The zero-order chi connectivity index (χ0) is 11.8. The van der Waals surface area contributed by atoms with Gasteiger partial charge in [-0.15, -0.1) is 0 Å². The lowest BCUT2D eigenvalue weighted by Crippen LogP contribution is -2.43. The Hall–Kier alpha value is -0.840. The largest absolute Gasteiger partial charge is 0.390 e. The van der Waals surface area contributed by atoms with Crippen LogP contribution in [0.5, 0.6) is 0 Å². The third-order valence-corrected chi connectivity index (χ3v) is 3.77. The Morgan fingerprint density at radius 1 is 1.35 bits per heavy atom. The summed E-state index contributed by atoms with van der Waals surface area (Å²) in [5, 5.41) is 9.69. The van der Waals surface area contributed by atoms with Crippen LogP contribution in [-0.4, -0.2) is 35.4 Å². The van der Waals surface area contributed by atoms with Crippen LogP contribution < -0.4 is 4.90 Å². The molecular formula is C12H15ClN2O2. The summed E-state index contributed by atoms with van der Waals surface area (Å²) in [6.45, 7) is 1.65. The van der Waals surface area contributed by atoms with Crippen LogP contribution in [0, 0.1) is 0 Å². The number of nitrogens with zero attached hydrogens (tertiary/aromatic N) is 2. The van der Waals surface area contributed by atoms with E-state index < -0.39 is 0 Å². The van der Waals surface area contributed by atoms with Crippen molar-refractivity contribution in [3.63, 3.8) is 0 Å². The number of pyridine rings is 1. The fraction of sp³-hybridized carbons (Fsp3) is 0.583. The smallest absolute Gasteiger partial charge is 0.129 e. The zero-order valence-electron chi connectivity index (χ0n) is 9.47. The monoisotopic (exact) mass is 254 g/mol. The van der Waals surface area contributed by atoms with Gasteiger partial charge in [-0.2, -0.15) is 0 Å². The molecule has 1 N–H and O–H groups in total. The first-order chi connectivity index (χ1) is 8.26. The molecular weight excluding hydrogens is 240 g/mol. The summed E-state index contributed by atoms with van der Waals surface area (Å²) in [7, 11) is 0. The summed E-state index contributed by atoms with van der Waals surface area (Å²) in [5.74, 6) is 0.888. The molecule has 5 heteroatoms. The minimum Gasteiger partial charge on any atom is -0.390 e. The van der Waals surface area contributed by atoms with E-state index >= 15 is 0 Å². The van der Waals surface area contributed by atoms with Crippen LogP contribution in [0.3, 0.4) is 0 Å². The summed E-state index contributed by atoms with van der Waals surface area (Å²) in [4.78, 5) is 6.62. The number of anilines is 1. The van der Waals surface area contributed by atoms with Gasteiger partial charge in [-0.25, -0.2) is 4.98 Å². The van der Waals surface area contributed by atoms with Crippen LogP contribution in [0.4, 0.5) is 5.82 Å². The van der Waals surface area contributed by atoms with E-state index in [9.17, 15) is 0 Å². The van der Waals surface area contributed by atoms with Crippen LogP contribution in [0.25, 0.3) is 0 Å². The van der Waals surface area contributed by atoms with Crippen molar-refractivity contribution in [1.82, 2.24) is 4.98 Å². The molecule has 0 aromatic carbocycles. The molecule has 0 spiro atoms. The number of hydrogen-bond acceptors (Lipinski definition) is 4. The number of morpholine rings is 1. The number of fused-ring (bicyclic) bond motifs is 2. The number of aliphatic hydroxyl groups excluding tert-OH is 1. The first-order valence-electron chi connectivity index (χ1n) is 5.93. The summed E-state index contributed by atoms with van der Waals surface area (Å²) >= 11 is 5.94. The average molecular weight is 255 g/mol. The van der Waals surface area contributed by atoms with E-state index in [4.69, 9.17) is 21.4 Å². The Balaban J connectivity index is 1.84. The second kappa shape index (κ2) is 4.44. The molecule has 2 atom stereocenters. The molecule has 4 nitrogen and oxygen atoms in total. The van der Waals surface area contributed by atoms with Gasteiger partial charge in [0.2, 0.25) is 0 Å². The fourth-order valence-corrected chi connectivity index (χ4v) is 2.73. The topological polar surface area (TPSA) is 45.6 Å². The highest BCUT2D eigenvalue weighted by atomic mass is 35.5. The van der Waals surface area contributed by atoms with Crippen LogP contribution in [0.1, 0.15) is 18.5 Å². The molecule has 1 aromatic heterocycles. The molecule has 0 aliphatic carbocycles. The highest BCUT2D eigenvalue weighted by Gasteiger charge is 2.34. The van der Waals surface area contributed by atoms with Crippen molar-refractivity contribution < 1.29 is 9.84 Å². The van der Waals surface area contributed by atoms with Gasteiger partial charge in [-0.05, 0) is 25.0 Å². The quantitative estimate of drug-likeness (QED) is 0.871. The third kappa shape index (κ3) is 2.12. The van der Waals surface area contributed by atoms with Gasteiger partial charge in [0, 0.05) is 13.1 Å². The maximum Gasteiger partial charge on any atom is 0.129 e. The Morgan fingerprint density at radius 3 is 2.71 bits per heavy atom. The van der Waals surface area contributed by atoms with Crippen molar-refractivity contribution in [2.24, 2.45) is 0 Å². The molecule has 2 aliphatic rings. The van der Waals surface area contributed by atoms with Crippen LogP contribution in [0.2, 0.25) is 5.02 Å². The molecule has 17 heavy (non-hydrogen) atoms. The average Bonchev–Trinajstić information content (AvgIpc) is 2.69. The minimum atomic E-state index is -0.121. The van der Waals surface area contributed by atoms with Gasteiger partial charge < -0.3 is 14.7 Å². The molecule has 2 aliphatic heterocycles. The van der Waals surface area contributed by atoms with Gasteiger partial charge in [0.05, 0.1) is 29.5 Å². The lowest BCUT2D eigenvalue weighted by Gasteiger charge is -2.33. The first kappa shape index (κ1) is 11.3. The number of halogens is 1. The minimum absolute atomic E-state index is 0.121. The molecule has 2 bridgehead atoms. The lowest BCUT2D eigenvalue weighted by molar-refractivity contribution is 0.0302. The van der Waals surface area contributed by atoms with Crippen molar-refractivity contribution in [3.05, 3.63) is 22.8 Å². The van der Waals surface area contributed by atoms with Gasteiger partial charge in [0.25, 0.3) is 0 Å². The zero-order valence-corrected chi connectivity index (χ0v) is 10.2. The first-order valence-corrected chi connectivity index (χ1v) is 6.31. The lowest BCUT2D eigenvalue weighted by atomic mass is 10.2.